The Morgan fingerprint density at radius 1 is 0.457 bits per heavy atom. The van der Waals surface area contributed by atoms with Gasteiger partial charge in [0.25, 0.3) is 0 Å². The molecule has 0 amide bonds. The average molecular weight is 465 g/mol. The molecule has 35 heavy (non-hydrogen) atoms. The zero-order valence-corrected chi connectivity index (χ0v) is 20.7. The van der Waals surface area contributed by atoms with E-state index in [0.29, 0.717) is 0 Å². The minimum atomic E-state index is -1.28. The molecule has 3 heteroatoms. The van der Waals surface area contributed by atoms with Crippen LogP contribution >= 0.6 is 0 Å². The first kappa shape index (κ1) is 23.5. The van der Waals surface area contributed by atoms with Gasteiger partial charge in [0.05, 0.1) is 0 Å². The Balaban J connectivity index is 1.91. The second-order valence-electron chi connectivity index (χ2n) is 9.72. The fraction of sp³-hybridized carbons (Fsp3) is 0.250. The van der Waals surface area contributed by atoms with Gasteiger partial charge in [-0.1, -0.05) is 97.1 Å². The maximum Gasteiger partial charge on any atom is 0.149 e. The Kier molecular flexibility index (Phi) is 5.88. The van der Waals surface area contributed by atoms with Crippen molar-refractivity contribution in [1.82, 2.24) is 0 Å². The normalized spacial score (nSPS) is 20.6. The highest BCUT2D eigenvalue weighted by atomic mass is 16.6. The Morgan fingerprint density at radius 3 is 0.914 bits per heavy atom. The predicted molar refractivity (Wildman–Crippen MR) is 139 cm³/mol. The minimum absolute atomic E-state index is 0.852. The molecule has 3 nitrogen and oxygen atoms in total. The first-order chi connectivity index (χ1) is 16.8. The first-order valence-corrected chi connectivity index (χ1v) is 12.1. The van der Waals surface area contributed by atoms with E-state index in [-0.39, 0.29) is 0 Å². The second kappa shape index (κ2) is 8.76. The second-order valence-corrected chi connectivity index (χ2v) is 9.72. The van der Waals surface area contributed by atoms with Crippen LogP contribution in [0.25, 0.3) is 0 Å². The predicted octanol–water partition coefficient (Wildman–Crippen LogP) is 5.86. The fourth-order valence-electron chi connectivity index (χ4n) is 5.93. The van der Waals surface area contributed by atoms with E-state index in [1.54, 1.807) is 0 Å². The molecule has 0 radical (unpaired) electrons. The van der Waals surface area contributed by atoms with Crippen molar-refractivity contribution in [2.45, 2.75) is 51.1 Å². The van der Waals surface area contributed by atoms with E-state index in [4.69, 9.17) is 4.74 Å². The SMILES string of the molecule is Cc1ccccc1C1(c2ccccc2C)OC(c2ccccc2C)(c2ccccc2C)[C@H](O)[C@H]1O. The zero-order chi connectivity index (χ0) is 24.8. The fourth-order valence-corrected chi connectivity index (χ4v) is 5.93. The molecule has 178 valence electrons. The molecule has 2 atom stereocenters. The van der Waals surface area contributed by atoms with Crippen molar-refractivity contribution in [2.24, 2.45) is 0 Å². The lowest BCUT2D eigenvalue weighted by Gasteiger charge is -2.39. The van der Waals surface area contributed by atoms with E-state index in [1.807, 2.05) is 125 Å². The molecular weight excluding hydrogens is 432 g/mol. The molecule has 2 N–H and O–H groups in total. The summed E-state index contributed by atoms with van der Waals surface area (Å²) in [6.45, 7) is 8.11. The molecule has 0 unspecified atom stereocenters. The summed E-state index contributed by atoms with van der Waals surface area (Å²) in [6.07, 6.45) is -2.44. The largest absolute Gasteiger partial charge is 0.386 e. The smallest absolute Gasteiger partial charge is 0.149 e. The van der Waals surface area contributed by atoms with Crippen LogP contribution in [0.1, 0.15) is 44.5 Å². The molecule has 1 heterocycles. The summed E-state index contributed by atoms with van der Waals surface area (Å²) in [7, 11) is 0. The van der Waals surface area contributed by atoms with Crippen LogP contribution in [0.4, 0.5) is 0 Å². The number of aliphatic hydroxyl groups excluding tert-OH is 2. The minimum Gasteiger partial charge on any atom is -0.386 e. The van der Waals surface area contributed by atoms with Gasteiger partial charge in [-0.3, -0.25) is 0 Å². The Labute approximate surface area is 207 Å². The van der Waals surface area contributed by atoms with Crippen molar-refractivity contribution in [3.05, 3.63) is 142 Å². The van der Waals surface area contributed by atoms with E-state index < -0.39 is 23.4 Å². The van der Waals surface area contributed by atoms with Crippen molar-refractivity contribution in [2.75, 3.05) is 0 Å². The monoisotopic (exact) mass is 464 g/mol. The van der Waals surface area contributed by atoms with Crippen LogP contribution in [0.3, 0.4) is 0 Å². The third-order valence-electron chi connectivity index (χ3n) is 7.63. The maximum absolute atomic E-state index is 12.1. The molecule has 1 saturated heterocycles. The summed E-state index contributed by atoms with van der Waals surface area (Å²) < 4.78 is 7.33. The highest BCUT2D eigenvalue weighted by molar-refractivity contribution is 5.53. The van der Waals surface area contributed by atoms with Gasteiger partial charge in [-0.2, -0.15) is 0 Å². The van der Waals surface area contributed by atoms with Gasteiger partial charge in [0.2, 0.25) is 0 Å². The number of hydrogen-bond donors (Lipinski definition) is 2. The topological polar surface area (TPSA) is 49.7 Å². The molecule has 5 rings (SSSR count). The van der Waals surface area contributed by atoms with Crippen LogP contribution in [0.2, 0.25) is 0 Å². The molecule has 0 saturated carbocycles. The average Bonchev–Trinajstić information content (AvgIpc) is 3.09. The summed E-state index contributed by atoms with van der Waals surface area (Å²) in [4.78, 5) is 0. The molecule has 1 fully saturated rings. The van der Waals surface area contributed by atoms with Gasteiger partial charge in [0, 0.05) is 0 Å². The number of aryl methyl sites for hydroxylation is 4. The standard InChI is InChI=1S/C32H32O3/c1-21-13-5-9-17-25(21)31(26-18-10-6-14-22(26)2)29(33)30(34)32(35-31,27-19-11-7-15-23(27)3)28-20-12-8-16-24(28)4/h5-20,29-30,33-34H,1-4H3/t29-,30-/m1/s1. The Hall–Kier alpha value is -3.24. The van der Waals surface area contributed by atoms with Crippen molar-refractivity contribution in [1.29, 1.82) is 0 Å². The van der Waals surface area contributed by atoms with Crippen LogP contribution < -0.4 is 0 Å². The van der Waals surface area contributed by atoms with Crippen molar-refractivity contribution in [3.8, 4) is 0 Å². The third-order valence-corrected chi connectivity index (χ3v) is 7.63. The summed E-state index contributed by atoms with van der Waals surface area (Å²) in [5.74, 6) is 0. The maximum atomic E-state index is 12.1. The molecule has 1 aliphatic rings. The number of aliphatic hydroxyl groups is 2. The molecule has 0 aromatic heterocycles. The first-order valence-electron chi connectivity index (χ1n) is 12.1. The highest BCUT2D eigenvalue weighted by Crippen LogP contribution is 2.57. The Morgan fingerprint density at radius 2 is 0.686 bits per heavy atom. The highest BCUT2D eigenvalue weighted by Gasteiger charge is 2.65. The lowest BCUT2D eigenvalue weighted by atomic mass is 9.74. The van der Waals surface area contributed by atoms with Crippen LogP contribution in [0, 0.1) is 27.7 Å². The molecule has 1 aliphatic heterocycles. The summed E-state index contributed by atoms with van der Waals surface area (Å²) in [5, 5.41) is 24.3. The number of benzene rings is 4. The van der Waals surface area contributed by atoms with Crippen LogP contribution in [-0.4, -0.2) is 22.4 Å². The molecular formula is C32H32O3. The summed E-state index contributed by atoms with van der Waals surface area (Å²) >= 11 is 0. The van der Waals surface area contributed by atoms with E-state index >= 15 is 0 Å². The van der Waals surface area contributed by atoms with Gasteiger partial charge in [0.15, 0.2) is 0 Å². The van der Waals surface area contributed by atoms with E-state index in [2.05, 4.69) is 0 Å². The lowest BCUT2D eigenvalue weighted by Crippen LogP contribution is -2.44. The number of hydrogen-bond acceptors (Lipinski definition) is 3. The van der Waals surface area contributed by atoms with E-state index in [1.165, 1.54) is 0 Å². The van der Waals surface area contributed by atoms with Gasteiger partial charge in [0.1, 0.15) is 23.4 Å². The van der Waals surface area contributed by atoms with Gasteiger partial charge < -0.3 is 14.9 Å². The van der Waals surface area contributed by atoms with Gasteiger partial charge in [-0.25, -0.2) is 0 Å². The molecule has 0 spiro atoms. The van der Waals surface area contributed by atoms with Crippen molar-refractivity contribution in [3.63, 3.8) is 0 Å². The van der Waals surface area contributed by atoms with Crippen molar-refractivity contribution < 1.29 is 14.9 Å². The summed E-state index contributed by atoms with van der Waals surface area (Å²) in [5.41, 5.74) is 4.82. The number of ether oxygens (including phenoxy) is 1. The molecule has 0 bridgehead atoms. The van der Waals surface area contributed by atoms with Gasteiger partial charge in [-0.05, 0) is 72.2 Å². The number of rotatable bonds is 4. The lowest BCUT2D eigenvalue weighted by molar-refractivity contribution is -0.101. The van der Waals surface area contributed by atoms with Gasteiger partial charge in [-0.15, -0.1) is 0 Å². The van der Waals surface area contributed by atoms with Crippen LogP contribution in [0.15, 0.2) is 97.1 Å². The van der Waals surface area contributed by atoms with Crippen LogP contribution in [-0.2, 0) is 15.9 Å². The van der Waals surface area contributed by atoms with Crippen molar-refractivity contribution >= 4 is 0 Å². The molecule has 4 aromatic carbocycles. The molecule has 0 aliphatic carbocycles. The third kappa shape index (κ3) is 3.38. The van der Waals surface area contributed by atoms with Crippen LogP contribution in [0.5, 0.6) is 0 Å². The Bertz CT molecular complexity index is 1180. The van der Waals surface area contributed by atoms with E-state index in [9.17, 15) is 10.2 Å². The summed E-state index contributed by atoms with van der Waals surface area (Å²) in [6, 6.07) is 31.9. The molecule has 4 aromatic rings. The van der Waals surface area contributed by atoms with E-state index in [0.717, 1.165) is 44.5 Å². The quantitative estimate of drug-likeness (QED) is 0.398. The zero-order valence-electron chi connectivity index (χ0n) is 20.7. The van der Waals surface area contributed by atoms with Gasteiger partial charge >= 0.3 is 0 Å².